The molecular formula is C15H22N2O2S. The van der Waals surface area contributed by atoms with Crippen LogP contribution in [0.15, 0.2) is 30.3 Å². The van der Waals surface area contributed by atoms with E-state index < -0.39 is 9.84 Å². The lowest BCUT2D eigenvalue weighted by atomic mass is 10.0. The molecule has 1 aromatic carbocycles. The second kappa shape index (κ2) is 5.47. The van der Waals surface area contributed by atoms with Crippen LogP contribution < -0.4 is 5.32 Å². The third-order valence-electron chi connectivity index (χ3n) is 4.50. The van der Waals surface area contributed by atoms with Crippen LogP contribution in [0.25, 0.3) is 0 Å². The molecule has 2 saturated heterocycles. The van der Waals surface area contributed by atoms with Gasteiger partial charge in [-0.15, -0.1) is 0 Å². The Morgan fingerprint density at radius 3 is 2.65 bits per heavy atom. The smallest absolute Gasteiger partial charge is 0.151 e. The van der Waals surface area contributed by atoms with Crippen molar-refractivity contribution in [1.29, 1.82) is 0 Å². The number of hydrogen-bond acceptors (Lipinski definition) is 4. The van der Waals surface area contributed by atoms with Gasteiger partial charge in [0, 0.05) is 31.2 Å². The molecule has 2 fully saturated rings. The Labute approximate surface area is 121 Å². The fourth-order valence-electron chi connectivity index (χ4n) is 3.34. The van der Waals surface area contributed by atoms with Crippen molar-refractivity contribution in [3.05, 3.63) is 35.9 Å². The third kappa shape index (κ3) is 2.90. The molecule has 2 heterocycles. The Morgan fingerprint density at radius 1 is 1.25 bits per heavy atom. The predicted molar refractivity (Wildman–Crippen MR) is 80.4 cm³/mol. The van der Waals surface area contributed by atoms with Gasteiger partial charge in [-0.2, -0.15) is 0 Å². The highest BCUT2D eigenvalue weighted by Gasteiger charge is 2.37. The normalized spacial score (nSPS) is 34.1. The van der Waals surface area contributed by atoms with Gasteiger partial charge in [0.2, 0.25) is 0 Å². The molecule has 2 aliphatic rings. The first kappa shape index (κ1) is 14.0. The maximum absolute atomic E-state index is 11.7. The van der Waals surface area contributed by atoms with Crippen LogP contribution in [0.3, 0.4) is 0 Å². The number of piperazine rings is 1. The number of sulfone groups is 1. The molecule has 0 saturated carbocycles. The van der Waals surface area contributed by atoms with E-state index in [2.05, 4.69) is 41.4 Å². The molecule has 0 radical (unpaired) electrons. The summed E-state index contributed by atoms with van der Waals surface area (Å²) in [4.78, 5) is 2.39. The topological polar surface area (TPSA) is 49.4 Å². The predicted octanol–water partition coefficient (Wildman–Crippen LogP) is 1.21. The highest BCUT2D eigenvalue weighted by molar-refractivity contribution is 7.91. The van der Waals surface area contributed by atoms with Crippen LogP contribution >= 0.6 is 0 Å². The molecule has 0 spiro atoms. The van der Waals surface area contributed by atoms with Gasteiger partial charge in [0.25, 0.3) is 0 Å². The van der Waals surface area contributed by atoms with Crippen LogP contribution in [-0.4, -0.2) is 50.0 Å². The van der Waals surface area contributed by atoms with Crippen molar-refractivity contribution < 1.29 is 8.42 Å². The van der Waals surface area contributed by atoms with E-state index in [1.807, 2.05) is 6.07 Å². The lowest BCUT2D eigenvalue weighted by molar-refractivity contribution is 0.102. The summed E-state index contributed by atoms with van der Waals surface area (Å²) in [5.41, 5.74) is 1.28. The first-order chi connectivity index (χ1) is 9.55. The Balaban J connectivity index is 1.74. The second-order valence-electron chi connectivity index (χ2n) is 5.97. The van der Waals surface area contributed by atoms with Crippen LogP contribution in [0.2, 0.25) is 0 Å². The molecular weight excluding hydrogens is 272 g/mol. The third-order valence-corrected chi connectivity index (χ3v) is 6.25. The van der Waals surface area contributed by atoms with Gasteiger partial charge in [-0.3, -0.25) is 4.90 Å². The highest BCUT2D eigenvalue weighted by atomic mass is 32.2. The standard InChI is InChI=1S/C15H22N2O2S/c1-12-9-16-15(13-5-3-2-4-6-13)10-17(12)14-7-8-20(18,19)11-14/h2-6,12,14-16H,7-11H2,1H3. The summed E-state index contributed by atoms with van der Waals surface area (Å²) in [6.07, 6.45) is 0.786. The summed E-state index contributed by atoms with van der Waals surface area (Å²) in [6, 6.07) is 11.3. The molecule has 110 valence electrons. The van der Waals surface area contributed by atoms with Gasteiger partial charge >= 0.3 is 0 Å². The Morgan fingerprint density at radius 2 is 2.00 bits per heavy atom. The average Bonchev–Trinajstić information content (AvgIpc) is 2.80. The van der Waals surface area contributed by atoms with Crippen molar-refractivity contribution in [2.45, 2.75) is 31.5 Å². The molecule has 2 aliphatic heterocycles. The monoisotopic (exact) mass is 294 g/mol. The van der Waals surface area contributed by atoms with E-state index in [1.54, 1.807) is 0 Å². The summed E-state index contributed by atoms with van der Waals surface area (Å²) in [7, 11) is -2.81. The minimum absolute atomic E-state index is 0.198. The minimum Gasteiger partial charge on any atom is -0.307 e. The molecule has 0 bridgehead atoms. The van der Waals surface area contributed by atoms with Crippen molar-refractivity contribution in [1.82, 2.24) is 10.2 Å². The molecule has 3 atom stereocenters. The van der Waals surface area contributed by atoms with Crippen molar-refractivity contribution in [2.24, 2.45) is 0 Å². The van der Waals surface area contributed by atoms with Crippen molar-refractivity contribution >= 4 is 9.84 Å². The van der Waals surface area contributed by atoms with Crippen molar-refractivity contribution in [3.63, 3.8) is 0 Å². The fraction of sp³-hybridized carbons (Fsp3) is 0.600. The van der Waals surface area contributed by atoms with Gasteiger partial charge < -0.3 is 5.32 Å². The van der Waals surface area contributed by atoms with Crippen molar-refractivity contribution in [2.75, 3.05) is 24.6 Å². The maximum Gasteiger partial charge on any atom is 0.151 e. The molecule has 3 unspecified atom stereocenters. The van der Waals surface area contributed by atoms with E-state index >= 15 is 0 Å². The average molecular weight is 294 g/mol. The Kier molecular flexibility index (Phi) is 3.84. The lowest BCUT2D eigenvalue weighted by Gasteiger charge is -2.42. The van der Waals surface area contributed by atoms with Gasteiger partial charge in [-0.25, -0.2) is 8.42 Å². The SMILES string of the molecule is CC1CNC(c2ccccc2)CN1C1CCS(=O)(=O)C1. The van der Waals surface area contributed by atoms with E-state index in [1.165, 1.54) is 5.56 Å². The summed E-state index contributed by atoms with van der Waals surface area (Å²) < 4.78 is 23.4. The molecule has 0 aromatic heterocycles. The minimum atomic E-state index is -2.81. The van der Waals surface area contributed by atoms with Gasteiger partial charge in [0.15, 0.2) is 9.84 Å². The molecule has 0 aliphatic carbocycles. The van der Waals surface area contributed by atoms with E-state index in [4.69, 9.17) is 0 Å². The molecule has 4 nitrogen and oxygen atoms in total. The lowest BCUT2D eigenvalue weighted by Crippen LogP contribution is -2.55. The first-order valence-electron chi connectivity index (χ1n) is 7.30. The van der Waals surface area contributed by atoms with E-state index in [0.29, 0.717) is 23.6 Å². The van der Waals surface area contributed by atoms with Crippen LogP contribution in [-0.2, 0) is 9.84 Å². The van der Waals surface area contributed by atoms with Crippen LogP contribution in [0.5, 0.6) is 0 Å². The molecule has 1 N–H and O–H groups in total. The van der Waals surface area contributed by atoms with Crippen molar-refractivity contribution in [3.8, 4) is 0 Å². The number of benzene rings is 1. The maximum atomic E-state index is 11.7. The highest BCUT2D eigenvalue weighted by Crippen LogP contribution is 2.26. The molecule has 5 heteroatoms. The number of nitrogens with one attached hydrogen (secondary N) is 1. The van der Waals surface area contributed by atoms with E-state index in [-0.39, 0.29) is 6.04 Å². The second-order valence-corrected chi connectivity index (χ2v) is 8.20. The molecule has 0 amide bonds. The van der Waals surface area contributed by atoms with Gasteiger partial charge in [0.05, 0.1) is 11.5 Å². The van der Waals surface area contributed by atoms with Crippen LogP contribution in [0.1, 0.15) is 24.9 Å². The summed E-state index contributed by atoms with van der Waals surface area (Å²) in [6.45, 7) is 3.99. The quantitative estimate of drug-likeness (QED) is 0.891. The van der Waals surface area contributed by atoms with Crippen LogP contribution in [0, 0.1) is 0 Å². The van der Waals surface area contributed by atoms with Gasteiger partial charge in [-0.05, 0) is 18.9 Å². The molecule has 3 rings (SSSR count). The Bertz CT molecular complexity index is 558. The summed E-state index contributed by atoms with van der Waals surface area (Å²) >= 11 is 0. The number of rotatable bonds is 2. The summed E-state index contributed by atoms with van der Waals surface area (Å²) in [5, 5.41) is 3.57. The zero-order chi connectivity index (χ0) is 14.2. The van der Waals surface area contributed by atoms with E-state index in [9.17, 15) is 8.42 Å². The zero-order valence-electron chi connectivity index (χ0n) is 11.8. The van der Waals surface area contributed by atoms with Gasteiger partial charge in [0.1, 0.15) is 0 Å². The molecule has 20 heavy (non-hydrogen) atoms. The first-order valence-corrected chi connectivity index (χ1v) is 9.12. The summed E-state index contributed by atoms with van der Waals surface area (Å²) in [5.74, 6) is 0.684. The Hall–Kier alpha value is -0.910. The molecule has 1 aromatic rings. The number of nitrogens with zero attached hydrogens (tertiary/aromatic N) is 1. The zero-order valence-corrected chi connectivity index (χ0v) is 12.6. The number of hydrogen-bond donors (Lipinski definition) is 1. The van der Waals surface area contributed by atoms with Gasteiger partial charge in [-0.1, -0.05) is 30.3 Å². The van der Waals surface area contributed by atoms with Crippen LogP contribution in [0.4, 0.5) is 0 Å². The largest absolute Gasteiger partial charge is 0.307 e. The van der Waals surface area contributed by atoms with E-state index in [0.717, 1.165) is 19.5 Å². The fourth-order valence-corrected chi connectivity index (χ4v) is 5.08.